The van der Waals surface area contributed by atoms with Gasteiger partial charge < -0.3 is 16.4 Å². The van der Waals surface area contributed by atoms with E-state index in [0.717, 1.165) is 50.3 Å². The molecule has 0 saturated carbocycles. The molecule has 1 heterocycles. The molecule has 1 aliphatic heterocycles. The van der Waals surface area contributed by atoms with E-state index in [4.69, 9.17) is 5.73 Å². The number of carbonyl (C=O) groups excluding carboxylic acids is 1. The molecule has 1 fully saturated rings. The average Bonchev–Trinajstić information content (AvgIpc) is 2.90. The van der Waals surface area contributed by atoms with Crippen LogP contribution in [0.25, 0.3) is 11.1 Å². The number of rotatable bonds is 5. The van der Waals surface area contributed by atoms with Gasteiger partial charge in [-0.2, -0.15) is 0 Å². The number of nitrogens with zero attached hydrogens (tertiary/aromatic N) is 1. The fraction of sp³-hybridized carbons (Fsp3) is 0.350. The number of hydrogen-bond acceptors (Lipinski definition) is 3. The number of nitrogens with two attached hydrogens (primary N) is 1. The van der Waals surface area contributed by atoms with E-state index in [1.807, 2.05) is 18.2 Å². The van der Waals surface area contributed by atoms with Crippen LogP contribution in [0, 0.1) is 5.82 Å². The molecule has 0 atom stereocenters. The maximum Gasteiger partial charge on any atom is 0.312 e. The van der Waals surface area contributed by atoms with Gasteiger partial charge in [0.25, 0.3) is 0 Å². The Morgan fingerprint density at radius 1 is 1.15 bits per heavy atom. The summed E-state index contributed by atoms with van der Waals surface area (Å²) < 4.78 is 14.4. The van der Waals surface area contributed by atoms with Gasteiger partial charge in [-0.05, 0) is 54.4 Å². The first kappa shape index (κ1) is 18.4. The molecule has 2 amide bonds. The summed E-state index contributed by atoms with van der Waals surface area (Å²) >= 11 is 0. The molecule has 4 N–H and O–H groups in total. The molecule has 0 spiro atoms. The molecule has 3 rings (SSSR count). The fourth-order valence-electron chi connectivity index (χ4n) is 3.25. The third-order valence-electron chi connectivity index (χ3n) is 4.57. The first-order chi connectivity index (χ1) is 12.6. The van der Waals surface area contributed by atoms with E-state index in [2.05, 4.69) is 21.6 Å². The summed E-state index contributed by atoms with van der Waals surface area (Å²) in [5, 5.41) is 5.94. The summed E-state index contributed by atoms with van der Waals surface area (Å²) in [4.78, 5) is 13.3. The highest BCUT2D eigenvalue weighted by Gasteiger charge is 2.11. The number of benzene rings is 2. The standard InChI is InChI=1S/C20H25FN4O/c21-19-6-5-15(13-24-20(22)26)12-18(19)17-4-1-3-16(11-17)14-25-9-2-7-23-8-10-25/h1,3-6,11-12,23H,2,7-10,13-14H2,(H3,22,24,26). The molecule has 0 unspecified atom stereocenters. The van der Waals surface area contributed by atoms with Crippen molar-refractivity contribution >= 4 is 6.03 Å². The highest BCUT2D eigenvalue weighted by molar-refractivity contribution is 5.72. The van der Waals surface area contributed by atoms with Gasteiger partial charge in [-0.15, -0.1) is 0 Å². The van der Waals surface area contributed by atoms with Crippen LogP contribution in [0.4, 0.5) is 9.18 Å². The van der Waals surface area contributed by atoms with Gasteiger partial charge in [0.1, 0.15) is 5.82 Å². The van der Waals surface area contributed by atoms with Crippen molar-refractivity contribution in [3.63, 3.8) is 0 Å². The van der Waals surface area contributed by atoms with Crippen LogP contribution < -0.4 is 16.4 Å². The van der Waals surface area contributed by atoms with Crippen LogP contribution in [0.3, 0.4) is 0 Å². The normalized spacial score (nSPS) is 15.4. The minimum atomic E-state index is -0.593. The van der Waals surface area contributed by atoms with Crippen molar-refractivity contribution in [1.29, 1.82) is 0 Å². The molecule has 2 aromatic rings. The highest BCUT2D eigenvalue weighted by Crippen LogP contribution is 2.25. The van der Waals surface area contributed by atoms with Gasteiger partial charge >= 0.3 is 6.03 Å². The topological polar surface area (TPSA) is 70.4 Å². The van der Waals surface area contributed by atoms with Crippen LogP contribution in [0.1, 0.15) is 17.5 Å². The van der Waals surface area contributed by atoms with E-state index < -0.39 is 6.03 Å². The van der Waals surface area contributed by atoms with Gasteiger partial charge in [0.2, 0.25) is 0 Å². The van der Waals surface area contributed by atoms with Gasteiger partial charge in [-0.1, -0.05) is 24.3 Å². The largest absolute Gasteiger partial charge is 0.352 e. The van der Waals surface area contributed by atoms with Crippen LogP contribution >= 0.6 is 0 Å². The van der Waals surface area contributed by atoms with Gasteiger partial charge in [0, 0.05) is 31.7 Å². The molecule has 6 heteroatoms. The summed E-state index contributed by atoms with van der Waals surface area (Å²) in [6, 6.07) is 12.3. The van der Waals surface area contributed by atoms with E-state index in [-0.39, 0.29) is 12.4 Å². The lowest BCUT2D eigenvalue weighted by atomic mass is 10.00. The first-order valence-electron chi connectivity index (χ1n) is 8.96. The number of amides is 2. The third-order valence-corrected chi connectivity index (χ3v) is 4.57. The Labute approximate surface area is 153 Å². The van der Waals surface area contributed by atoms with Crippen molar-refractivity contribution in [3.8, 4) is 11.1 Å². The Morgan fingerprint density at radius 2 is 2.04 bits per heavy atom. The number of primary amides is 1. The summed E-state index contributed by atoms with van der Waals surface area (Å²) in [5.41, 5.74) is 8.46. The number of urea groups is 1. The van der Waals surface area contributed by atoms with Gasteiger partial charge in [-0.3, -0.25) is 4.90 Å². The maximum absolute atomic E-state index is 14.4. The highest BCUT2D eigenvalue weighted by atomic mass is 19.1. The van der Waals surface area contributed by atoms with Crippen molar-refractivity contribution in [2.75, 3.05) is 26.2 Å². The molecule has 5 nitrogen and oxygen atoms in total. The molecule has 26 heavy (non-hydrogen) atoms. The average molecular weight is 356 g/mol. The second-order valence-electron chi connectivity index (χ2n) is 6.61. The molecule has 0 radical (unpaired) electrons. The number of nitrogens with one attached hydrogen (secondary N) is 2. The van der Waals surface area contributed by atoms with Crippen LogP contribution in [0.15, 0.2) is 42.5 Å². The van der Waals surface area contributed by atoms with Crippen molar-refractivity contribution in [3.05, 3.63) is 59.4 Å². The smallest absolute Gasteiger partial charge is 0.312 e. The monoisotopic (exact) mass is 356 g/mol. The maximum atomic E-state index is 14.4. The lowest BCUT2D eigenvalue weighted by molar-refractivity contribution is 0.248. The summed E-state index contributed by atoms with van der Waals surface area (Å²) in [6.07, 6.45) is 1.14. The summed E-state index contributed by atoms with van der Waals surface area (Å²) in [7, 11) is 0. The van der Waals surface area contributed by atoms with Crippen LogP contribution in [0.5, 0.6) is 0 Å². The van der Waals surface area contributed by atoms with Crippen molar-refractivity contribution in [2.45, 2.75) is 19.5 Å². The number of halogens is 1. The third kappa shape index (κ3) is 5.03. The summed E-state index contributed by atoms with van der Waals surface area (Å²) in [5.74, 6) is -0.274. The predicted octanol–water partition coefficient (Wildman–Crippen LogP) is 2.46. The van der Waals surface area contributed by atoms with E-state index in [1.54, 1.807) is 12.1 Å². The molecule has 0 bridgehead atoms. The SMILES string of the molecule is NC(=O)NCc1ccc(F)c(-c2cccc(CN3CCCNCC3)c2)c1. The Kier molecular flexibility index (Phi) is 6.20. The lowest BCUT2D eigenvalue weighted by Crippen LogP contribution is -2.28. The second kappa shape index (κ2) is 8.78. The van der Waals surface area contributed by atoms with Crippen LogP contribution in [0.2, 0.25) is 0 Å². The molecule has 1 saturated heterocycles. The number of hydrogen-bond donors (Lipinski definition) is 3. The minimum Gasteiger partial charge on any atom is -0.352 e. The zero-order valence-electron chi connectivity index (χ0n) is 14.8. The first-order valence-corrected chi connectivity index (χ1v) is 8.96. The predicted molar refractivity (Wildman–Crippen MR) is 101 cm³/mol. The van der Waals surface area contributed by atoms with Crippen molar-refractivity contribution in [2.24, 2.45) is 5.73 Å². The lowest BCUT2D eigenvalue weighted by Gasteiger charge is -2.20. The van der Waals surface area contributed by atoms with Crippen LogP contribution in [-0.2, 0) is 13.1 Å². The Morgan fingerprint density at radius 3 is 2.88 bits per heavy atom. The zero-order chi connectivity index (χ0) is 18.4. The molecular formula is C20H25FN4O. The quantitative estimate of drug-likeness (QED) is 0.771. The Balaban J connectivity index is 1.78. The van der Waals surface area contributed by atoms with Crippen molar-refractivity contribution < 1.29 is 9.18 Å². The Bertz CT molecular complexity index is 757. The van der Waals surface area contributed by atoms with E-state index >= 15 is 0 Å². The summed E-state index contributed by atoms with van der Waals surface area (Å²) in [6.45, 7) is 5.30. The van der Waals surface area contributed by atoms with Gasteiger partial charge in [0.05, 0.1) is 0 Å². The molecular weight excluding hydrogens is 331 g/mol. The molecule has 0 aliphatic carbocycles. The van der Waals surface area contributed by atoms with Gasteiger partial charge in [0.15, 0.2) is 0 Å². The second-order valence-corrected chi connectivity index (χ2v) is 6.61. The molecule has 2 aromatic carbocycles. The Hall–Kier alpha value is -2.44. The molecule has 138 valence electrons. The molecule has 1 aliphatic rings. The minimum absolute atomic E-state index is 0.274. The van der Waals surface area contributed by atoms with E-state index in [9.17, 15) is 9.18 Å². The van der Waals surface area contributed by atoms with Gasteiger partial charge in [-0.25, -0.2) is 9.18 Å². The van der Waals surface area contributed by atoms with E-state index in [1.165, 1.54) is 11.6 Å². The van der Waals surface area contributed by atoms with E-state index in [0.29, 0.717) is 5.56 Å². The fourth-order valence-corrected chi connectivity index (χ4v) is 3.25. The van der Waals surface area contributed by atoms with Crippen molar-refractivity contribution in [1.82, 2.24) is 15.5 Å². The van der Waals surface area contributed by atoms with Crippen LogP contribution in [-0.4, -0.2) is 37.1 Å². The molecule has 0 aromatic heterocycles. The number of carbonyl (C=O) groups is 1. The zero-order valence-corrected chi connectivity index (χ0v) is 14.8.